The summed E-state index contributed by atoms with van der Waals surface area (Å²) in [7, 11) is 1.82. The number of nitrogens with zero attached hydrogens (tertiary/aromatic N) is 2. The van der Waals surface area contributed by atoms with Crippen molar-refractivity contribution in [3.05, 3.63) is 17.0 Å². The predicted molar refractivity (Wildman–Crippen MR) is 85.6 cm³/mol. The molecule has 0 spiro atoms. The van der Waals surface area contributed by atoms with Crippen LogP contribution in [-0.2, 0) is 6.42 Å². The second-order valence-electron chi connectivity index (χ2n) is 6.11. The summed E-state index contributed by atoms with van der Waals surface area (Å²) in [5.41, 5.74) is 2.68. The van der Waals surface area contributed by atoms with E-state index < -0.39 is 0 Å². The van der Waals surface area contributed by atoms with E-state index in [0.29, 0.717) is 5.41 Å². The van der Waals surface area contributed by atoms with Gasteiger partial charge in [-0.15, -0.1) is 0 Å². The minimum absolute atomic E-state index is 0.499. The molecule has 1 aromatic heterocycles. The minimum atomic E-state index is 0.499. The van der Waals surface area contributed by atoms with Crippen LogP contribution in [0.3, 0.4) is 0 Å². The molecule has 1 aromatic rings. The van der Waals surface area contributed by atoms with Crippen LogP contribution in [0, 0.1) is 19.3 Å². The molecule has 1 fully saturated rings. The van der Waals surface area contributed by atoms with Gasteiger partial charge in [0.2, 0.25) is 0 Å². The maximum atomic E-state index is 5.18. The summed E-state index contributed by atoms with van der Waals surface area (Å²) in [6.07, 6.45) is 6.20. The Morgan fingerprint density at radius 2 is 2.10 bits per heavy atom. The molecular formula is C16H28N4O. The SMILES string of the molecule is CCC1(CNC(=NC)NCCc2c(C)noc2C)CCC1. The smallest absolute Gasteiger partial charge is 0.191 e. The van der Waals surface area contributed by atoms with Gasteiger partial charge in [0, 0.05) is 25.7 Å². The summed E-state index contributed by atoms with van der Waals surface area (Å²) < 4.78 is 5.18. The third-order valence-corrected chi connectivity index (χ3v) is 4.87. The molecule has 0 aliphatic heterocycles. The molecule has 1 aliphatic carbocycles. The van der Waals surface area contributed by atoms with Crippen molar-refractivity contribution in [2.75, 3.05) is 20.1 Å². The standard InChI is InChI=1S/C16H28N4O/c1-5-16(8-6-9-16)11-19-15(17-4)18-10-7-14-12(2)20-21-13(14)3/h5-11H2,1-4H3,(H2,17,18,19). The molecule has 0 bridgehead atoms. The highest BCUT2D eigenvalue weighted by Gasteiger charge is 2.34. The Balaban J connectivity index is 1.76. The molecule has 2 N–H and O–H groups in total. The van der Waals surface area contributed by atoms with Gasteiger partial charge in [0.1, 0.15) is 5.76 Å². The molecule has 0 amide bonds. The van der Waals surface area contributed by atoms with Crippen LogP contribution in [0.2, 0.25) is 0 Å². The number of aryl methyl sites for hydroxylation is 2. The van der Waals surface area contributed by atoms with Gasteiger partial charge in [-0.25, -0.2) is 0 Å². The summed E-state index contributed by atoms with van der Waals surface area (Å²) in [6, 6.07) is 0. The molecular weight excluding hydrogens is 264 g/mol. The second kappa shape index (κ2) is 6.96. The summed E-state index contributed by atoms with van der Waals surface area (Å²) in [5, 5.41) is 10.8. The third kappa shape index (κ3) is 3.77. The van der Waals surface area contributed by atoms with Crippen LogP contribution in [0.5, 0.6) is 0 Å². The highest BCUT2D eigenvalue weighted by atomic mass is 16.5. The van der Waals surface area contributed by atoms with E-state index in [-0.39, 0.29) is 0 Å². The number of hydrogen-bond acceptors (Lipinski definition) is 3. The van der Waals surface area contributed by atoms with E-state index in [1.165, 1.54) is 31.2 Å². The van der Waals surface area contributed by atoms with E-state index in [1.54, 1.807) is 0 Å². The lowest BCUT2D eigenvalue weighted by Crippen LogP contribution is -2.46. The third-order valence-electron chi connectivity index (χ3n) is 4.87. The highest BCUT2D eigenvalue weighted by Crippen LogP contribution is 2.42. The molecule has 21 heavy (non-hydrogen) atoms. The van der Waals surface area contributed by atoms with Gasteiger partial charge >= 0.3 is 0 Å². The van der Waals surface area contributed by atoms with Crippen LogP contribution >= 0.6 is 0 Å². The van der Waals surface area contributed by atoms with E-state index in [1.807, 2.05) is 20.9 Å². The first-order valence-corrected chi connectivity index (χ1v) is 7.96. The molecule has 1 saturated carbocycles. The number of rotatable bonds is 6. The van der Waals surface area contributed by atoms with Gasteiger partial charge in [-0.2, -0.15) is 0 Å². The van der Waals surface area contributed by atoms with Gasteiger partial charge < -0.3 is 15.2 Å². The topological polar surface area (TPSA) is 62.5 Å². The Labute approximate surface area is 127 Å². The van der Waals surface area contributed by atoms with Crippen LogP contribution < -0.4 is 10.6 Å². The van der Waals surface area contributed by atoms with Crippen LogP contribution in [0.1, 0.15) is 49.6 Å². The van der Waals surface area contributed by atoms with E-state index >= 15 is 0 Å². The number of guanidine groups is 1. The van der Waals surface area contributed by atoms with E-state index in [9.17, 15) is 0 Å². The Morgan fingerprint density at radius 1 is 1.33 bits per heavy atom. The Bertz CT molecular complexity index is 463. The van der Waals surface area contributed by atoms with Gasteiger partial charge in [0.25, 0.3) is 0 Å². The molecule has 118 valence electrons. The van der Waals surface area contributed by atoms with Crippen molar-refractivity contribution in [1.29, 1.82) is 0 Å². The number of nitrogens with one attached hydrogen (secondary N) is 2. The van der Waals surface area contributed by atoms with Crippen LogP contribution in [0.4, 0.5) is 0 Å². The molecule has 0 aromatic carbocycles. The van der Waals surface area contributed by atoms with Gasteiger partial charge in [0.15, 0.2) is 5.96 Å². The summed E-state index contributed by atoms with van der Waals surface area (Å²) in [6.45, 7) is 8.09. The summed E-state index contributed by atoms with van der Waals surface area (Å²) in [5.74, 6) is 1.80. The quantitative estimate of drug-likeness (QED) is 0.625. The first kappa shape index (κ1) is 15.9. The van der Waals surface area contributed by atoms with Crippen molar-refractivity contribution in [1.82, 2.24) is 15.8 Å². The van der Waals surface area contributed by atoms with Crippen molar-refractivity contribution in [2.45, 2.75) is 52.9 Å². The highest BCUT2D eigenvalue weighted by molar-refractivity contribution is 5.79. The van der Waals surface area contributed by atoms with Gasteiger partial charge in [-0.05, 0) is 44.9 Å². The fourth-order valence-electron chi connectivity index (χ4n) is 2.99. The Morgan fingerprint density at radius 3 is 2.57 bits per heavy atom. The Kier molecular flexibility index (Phi) is 5.26. The first-order chi connectivity index (χ1) is 10.1. The summed E-state index contributed by atoms with van der Waals surface area (Å²) >= 11 is 0. The van der Waals surface area contributed by atoms with Crippen molar-refractivity contribution >= 4 is 5.96 Å². The van der Waals surface area contributed by atoms with Crippen molar-refractivity contribution in [2.24, 2.45) is 10.4 Å². The molecule has 0 atom stereocenters. The van der Waals surface area contributed by atoms with E-state index in [2.05, 4.69) is 27.7 Å². The second-order valence-corrected chi connectivity index (χ2v) is 6.11. The summed E-state index contributed by atoms with van der Waals surface area (Å²) in [4.78, 5) is 4.30. The largest absolute Gasteiger partial charge is 0.361 e. The predicted octanol–water partition coefficient (Wildman–Crippen LogP) is 2.58. The minimum Gasteiger partial charge on any atom is -0.361 e. The van der Waals surface area contributed by atoms with E-state index in [0.717, 1.165) is 36.9 Å². The molecule has 0 radical (unpaired) electrons. The van der Waals surface area contributed by atoms with Gasteiger partial charge in [0.05, 0.1) is 5.69 Å². The monoisotopic (exact) mass is 292 g/mol. The number of aromatic nitrogens is 1. The van der Waals surface area contributed by atoms with Crippen molar-refractivity contribution < 1.29 is 4.52 Å². The lowest BCUT2D eigenvalue weighted by atomic mass is 9.67. The number of aliphatic imine (C=N–C) groups is 1. The maximum absolute atomic E-state index is 5.18. The maximum Gasteiger partial charge on any atom is 0.191 e. The van der Waals surface area contributed by atoms with Crippen LogP contribution in [-0.4, -0.2) is 31.3 Å². The lowest BCUT2D eigenvalue weighted by molar-refractivity contribution is 0.131. The molecule has 1 heterocycles. The zero-order valence-electron chi connectivity index (χ0n) is 13.8. The zero-order chi connectivity index (χ0) is 15.3. The molecule has 1 aliphatic rings. The fourth-order valence-corrected chi connectivity index (χ4v) is 2.99. The molecule has 5 nitrogen and oxygen atoms in total. The average molecular weight is 292 g/mol. The van der Waals surface area contributed by atoms with E-state index in [4.69, 9.17) is 4.52 Å². The van der Waals surface area contributed by atoms with Gasteiger partial charge in [-0.3, -0.25) is 4.99 Å². The van der Waals surface area contributed by atoms with Crippen molar-refractivity contribution in [3.8, 4) is 0 Å². The molecule has 5 heteroatoms. The normalized spacial score (nSPS) is 17.4. The van der Waals surface area contributed by atoms with Gasteiger partial charge in [-0.1, -0.05) is 18.5 Å². The van der Waals surface area contributed by atoms with Crippen LogP contribution in [0.15, 0.2) is 9.52 Å². The van der Waals surface area contributed by atoms with Crippen LogP contribution in [0.25, 0.3) is 0 Å². The first-order valence-electron chi connectivity index (χ1n) is 7.96. The lowest BCUT2D eigenvalue weighted by Gasteiger charge is -2.41. The molecule has 0 saturated heterocycles. The average Bonchev–Trinajstić information content (AvgIpc) is 2.76. The Hall–Kier alpha value is -1.52. The molecule has 0 unspecified atom stereocenters. The molecule has 2 rings (SSSR count). The fraction of sp³-hybridized carbons (Fsp3) is 0.750. The number of hydrogen-bond donors (Lipinski definition) is 2. The van der Waals surface area contributed by atoms with Crippen molar-refractivity contribution in [3.63, 3.8) is 0 Å². The zero-order valence-corrected chi connectivity index (χ0v) is 13.8.